The summed E-state index contributed by atoms with van der Waals surface area (Å²) in [4.78, 5) is 15.4. The Morgan fingerprint density at radius 2 is 1.47 bits per heavy atom. The Kier molecular flexibility index (Phi) is 8.22. The number of methoxy groups -OCH3 is 1. The molecule has 0 aromatic heterocycles. The molecule has 0 bridgehead atoms. The number of carbonyl (C=O) groups excluding carboxylic acids is 1. The maximum absolute atomic E-state index is 14.2. The maximum Gasteiger partial charge on any atom is 0.261 e. The van der Waals surface area contributed by atoms with E-state index >= 15 is 0 Å². The van der Waals surface area contributed by atoms with Crippen molar-refractivity contribution in [2.45, 2.75) is 0 Å². The van der Waals surface area contributed by atoms with E-state index in [0.717, 1.165) is 4.90 Å². The van der Waals surface area contributed by atoms with Gasteiger partial charge >= 0.3 is 0 Å². The van der Waals surface area contributed by atoms with Gasteiger partial charge in [0.15, 0.2) is 28.4 Å². The lowest BCUT2D eigenvalue weighted by molar-refractivity contribution is 0.0974. The van der Waals surface area contributed by atoms with Gasteiger partial charge in [0.05, 0.1) is 23.4 Å². The van der Waals surface area contributed by atoms with E-state index in [1.165, 1.54) is 7.11 Å². The van der Waals surface area contributed by atoms with Crippen LogP contribution in [0.4, 0.5) is 39.0 Å². The summed E-state index contributed by atoms with van der Waals surface area (Å²) in [5.74, 6) is -9.96. The normalized spacial score (nSPS) is 13.3. The fourth-order valence-electron chi connectivity index (χ4n) is 4.05. The molecule has 3 aromatic carbocycles. The minimum Gasteiger partial charge on any atom is -0.496 e. The number of benzene rings is 3. The molecule has 3 aromatic rings. The van der Waals surface area contributed by atoms with Gasteiger partial charge in [-0.2, -0.15) is 0 Å². The zero-order valence-electron chi connectivity index (χ0n) is 19.8. The van der Waals surface area contributed by atoms with Crippen LogP contribution < -0.4 is 25.2 Å². The molecule has 0 spiro atoms. The van der Waals surface area contributed by atoms with Gasteiger partial charge < -0.3 is 19.9 Å². The van der Waals surface area contributed by atoms with Gasteiger partial charge in [0.25, 0.3) is 5.91 Å². The lowest BCUT2D eigenvalue weighted by atomic mass is 10.2. The van der Waals surface area contributed by atoms with E-state index in [-0.39, 0.29) is 31.3 Å². The topological polar surface area (TPSA) is 56.8 Å². The van der Waals surface area contributed by atoms with E-state index in [4.69, 9.17) is 28.6 Å². The quantitative estimate of drug-likeness (QED) is 0.183. The fraction of sp³-hybridized carbons (Fsp3) is 0.200. The Morgan fingerprint density at radius 1 is 0.895 bits per heavy atom. The van der Waals surface area contributed by atoms with Gasteiger partial charge in [0.1, 0.15) is 11.4 Å². The van der Waals surface area contributed by atoms with Crippen LogP contribution in [0.25, 0.3) is 0 Å². The average Bonchev–Trinajstić information content (AvgIpc) is 2.91. The lowest BCUT2D eigenvalue weighted by Crippen LogP contribution is -2.47. The highest BCUT2D eigenvalue weighted by Gasteiger charge is 2.31. The molecule has 0 atom stereocenters. The van der Waals surface area contributed by atoms with Crippen molar-refractivity contribution < 1.29 is 31.5 Å². The van der Waals surface area contributed by atoms with Gasteiger partial charge in [-0.25, -0.2) is 22.0 Å². The molecule has 1 aliphatic rings. The van der Waals surface area contributed by atoms with Crippen LogP contribution >= 0.6 is 23.8 Å². The van der Waals surface area contributed by atoms with Crippen molar-refractivity contribution >= 4 is 51.9 Å². The molecule has 0 aliphatic carbocycles. The minimum absolute atomic E-state index is 0.00620. The van der Waals surface area contributed by atoms with Gasteiger partial charge in [-0.3, -0.25) is 10.1 Å². The zero-order chi connectivity index (χ0) is 27.6. The number of para-hydroxylation sites is 1. The molecule has 6 nitrogen and oxygen atoms in total. The highest BCUT2D eigenvalue weighted by Crippen LogP contribution is 2.33. The van der Waals surface area contributed by atoms with Crippen molar-refractivity contribution in [3.05, 3.63) is 82.1 Å². The van der Waals surface area contributed by atoms with Crippen LogP contribution in [0.5, 0.6) is 5.75 Å². The second kappa shape index (κ2) is 11.4. The van der Waals surface area contributed by atoms with Crippen LogP contribution in [0, 0.1) is 29.1 Å². The van der Waals surface area contributed by atoms with E-state index in [1.54, 1.807) is 42.5 Å². The molecule has 0 unspecified atom stereocenters. The van der Waals surface area contributed by atoms with Crippen LogP contribution in [-0.2, 0) is 0 Å². The Morgan fingerprint density at radius 3 is 2.08 bits per heavy atom. The Labute approximate surface area is 224 Å². The number of anilines is 3. The number of nitrogens with one attached hydrogen (secondary N) is 2. The fourth-order valence-corrected chi connectivity index (χ4v) is 4.56. The predicted molar refractivity (Wildman–Crippen MR) is 139 cm³/mol. The lowest BCUT2D eigenvalue weighted by Gasteiger charge is -2.38. The molecule has 0 radical (unpaired) electrons. The van der Waals surface area contributed by atoms with E-state index < -0.39 is 40.7 Å². The Hall–Kier alpha value is -3.64. The number of thiocarbonyl (C=S) groups is 1. The molecule has 4 rings (SSSR count). The highest BCUT2D eigenvalue weighted by molar-refractivity contribution is 7.80. The van der Waals surface area contributed by atoms with Crippen LogP contribution in [0.3, 0.4) is 0 Å². The minimum atomic E-state index is -2.19. The van der Waals surface area contributed by atoms with Crippen LogP contribution in [0.1, 0.15) is 10.4 Å². The summed E-state index contributed by atoms with van der Waals surface area (Å²) in [6.45, 7) is 0.403. The summed E-state index contributed by atoms with van der Waals surface area (Å²) < 4.78 is 74.1. The number of halogens is 6. The number of amides is 1. The van der Waals surface area contributed by atoms with E-state index in [0.29, 0.717) is 27.7 Å². The summed E-state index contributed by atoms with van der Waals surface area (Å²) in [6, 6.07) is 11.6. The van der Waals surface area contributed by atoms with Crippen molar-refractivity contribution in [2.75, 3.05) is 48.4 Å². The number of ether oxygens (including phenoxy) is 1. The van der Waals surface area contributed by atoms with Gasteiger partial charge in [-0.15, -0.1) is 0 Å². The van der Waals surface area contributed by atoms with E-state index in [2.05, 4.69) is 10.6 Å². The third-order valence-electron chi connectivity index (χ3n) is 5.91. The Balaban J connectivity index is 1.40. The van der Waals surface area contributed by atoms with Gasteiger partial charge in [-0.1, -0.05) is 23.7 Å². The molecular weight excluding hydrogens is 551 g/mol. The second-order valence-corrected chi connectivity index (χ2v) is 8.98. The molecular formula is C25H20ClF5N4O2S. The molecule has 1 saturated heterocycles. The summed E-state index contributed by atoms with van der Waals surface area (Å²) in [5.41, 5.74) is 0.440. The van der Waals surface area contributed by atoms with Crippen LogP contribution in [0.15, 0.2) is 42.5 Å². The summed E-state index contributed by atoms with van der Waals surface area (Å²) in [7, 11) is 1.45. The second-order valence-electron chi connectivity index (χ2n) is 8.17. The number of nitrogens with zero attached hydrogens (tertiary/aromatic N) is 2. The number of piperazine rings is 1. The van der Waals surface area contributed by atoms with Crippen molar-refractivity contribution in [3.63, 3.8) is 0 Å². The SMILES string of the molecule is COc1ccccc1C(=O)NC(=S)Nc1ccc(N2CCN(c3c(F)c(F)c(F)c(F)c3F)CC2)c(Cl)c1. The summed E-state index contributed by atoms with van der Waals surface area (Å²) in [6.07, 6.45) is 0. The maximum atomic E-state index is 14.2. The average molecular weight is 571 g/mol. The standard InChI is InChI=1S/C25H20ClF5N4O2S/c1-37-17-5-3-2-4-14(17)24(36)33-25(38)32-13-6-7-16(15(26)12-13)34-8-10-35(11-9-34)23-21(30)19(28)18(27)20(29)22(23)31/h2-7,12H,8-11H2,1H3,(H2,32,33,36,38). The molecule has 1 heterocycles. The molecule has 2 N–H and O–H groups in total. The van der Waals surface area contributed by atoms with Crippen molar-refractivity contribution in [3.8, 4) is 5.75 Å². The molecule has 0 saturated carbocycles. The molecule has 1 amide bonds. The first-order chi connectivity index (χ1) is 18.1. The molecule has 200 valence electrons. The third-order valence-corrected chi connectivity index (χ3v) is 6.41. The first-order valence-corrected chi connectivity index (χ1v) is 12.0. The zero-order valence-corrected chi connectivity index (χ0v) is 21.3. The van der Waals surface area contributed by atoms with E-state index in [9.17, 15) is 26.7 Å². The number of hydrogen-bond acceptors (Lipinski definition) is 5. The predicted octanol–water partition coefficient (Wildman–Crippen LogP) is 5.50. The largest absolute Gasteiger partial charge is 0.496 e. The van der Waals surface area contributed by atoms with E-state index in [1.807, 2.05) is 4.90 Å². The first kappa shape index (κ1) is 27.4. The summed E-state index contributed by atoms with van der Waals surface area (Å²) in [5, 5.41) is 5.78. The molecule has 1 fully saturated rings. The van der Waals surface area contributed by atoms with Gasteiger partial charge in [0, 0.05) is 31.9 Å². The highest BCUT2D eigenvalue weighted by atomic mass is 35.5. The van der Waals surface area contributed by atoms with Crippen molar-refractivity contribution in [1.29, 1.82) is 0 Å². The van der Waals surface area contributed by atoms with Crippen LogP contribution in [0.2, 0.25) is 5.02 Å². The first-order valence-electron chi connectivity index (χ1n) is 11.2. The molecule has 38 heavy (non-hydrogen) atoms. The van der Waals surface area contributed by atoms with Gasteiger partial charge in [0.2, 0.25) is 5.82 Å². The number of hydrogen-bond donors (Lipinski definition) is 2. The van der Waals surface area contributed by atoms with Crippen molar-refractivity contribution in [1.82, 2.24) is 5.32 Å². The molecule has 13 heteroatoms. The Bertz CT molecular complexity index is 1370. The molecule has 1 aliphatic heterocycles. The van der Waals surface area contributed by atoms with Gasteiger partial charge in [-0.05, 0) is 42.5 Å². The summed E-state index contributed by atoms with van der Waals surface area (Å²) >= 11 is 11.7. The third kappa shape index (κ3) is 5.46. The van der Waals surface area contributed by atoms with Crippen LogP contribution in [-0.4, -0.2) is 44.3 Å². The van der Waals surface area contributed by atoms with Crippen molar-refractivity contribution in [2.24, 2.45) is 0 Å². The monoisotopic (exact) mass is 570 g/mol. The number of rotatable bonds is 5. The number of carbonyl (C=O) groups is 1. The smallest absolute Gasteiger partial charge is 0.261 e.